The van der Waals surface area contributed by atoms with Crippen molar-refractivity contribution in [3.63, 3.8) is 0 Å². The lowest BCUT2D eigenvalue weighted by Crippen LogP contribution is -2.47. The van der Waals surface area contributed by atoms with E-state index >= 15 is 0 Å². The zero-order valence-electron chi connectivity index (χ0n) is 12.6. The van der Waals surface area contributed by atoms with Gasteiger partial charge in [-0.2, -0.15) is 0 Å². The molecule has 0 bridgehead atoms. The predicted octanol–water partition coefficient (Wildman–Crippen LogP) is 3.09. The average molecular weight is 240 g/mol. The number of nitrogens with zero attached hydrogens (tertiary/aromatic N) is 2. The Kier molecular flexibility index (Phi) is 5.94. The number of piperazine rings is 1. The minimum Gasteiger partial charge on any atom is -0.301 e. The summed E-state index contributed by atoms with van der Waals surface area (Å²) in [6.45, 7) is 19.4. The van der Waals surface area contributed by atoms with Crippen molar-refractivity contribution >= 4 is 0 Å². The fraction of sp³-hybridized carbons (Fsp3) is 1.00. The zero-order chi connectivity index (χ0) is 12.9. The van der Waals surface area contributed by atoms with Crippen LogP contribution in [0.5, 0.6) is 0 Å². The highest BCUT2D eigenvalue weighted by Crippen LogP contribution is 2.32. The lowest BCUT2D eigenvalue weighted by molar-refractivity contribution is 0.108. The van der Waals surface area contributed by atoms with Crippen LogP contribution in [0.2, 0.25) is 0 Å². The average Bonchev–Trinajstić information content (AvgIpc) is 2.36. The summed E-state index contributed by atoms with van der Waals surface area (Å²) in [6.07, 6.45) is 2.64. The molecule has 0 radical (unpaired) electrons. The van der Waals surface area contributed by atoms with Crippen molar-refractivity contribution in [2.24, 2.45) is 11.3 Å². The summed E-state index contributed by atoms with van der Waals surface area (Å²) in [7, 11) is 0. The van der Waals surface area contributed by atoms with Crippen LogP contribution in [-0.2, 0) is 0 Å². The van der Waals surface area contributed by atoms with Gasteiger partial charge < -0.3 is 9.80 Å². The van der Waals surface area contributed by atoms with Crippen molar-refractivity contribution in [2.45, 2.75) is 47.5 Å². The van der Waals surface area contributed by atoms with Gasteiger partial charge in [-0.15, -0.1) is 0 Å². The van der Waals surface area contributed by atoms with E-state index in [4.69, 9.17) is 0 Å². The van der Waals surface area contributed by atoms with E-state index in [1.54, 1.807) is 0 Å². The Hall–Kier alpha value is -0.0800. The van der Waals surface area contributed by atoms with E-state index in [9.17, 15) is 0 Å². The Bertz CT molecular complexity index is 205. The standard InChI is InChI=1S/C15H32N2/c1-6-14(3)15(4,5)8-9-17-12-10-16(7-2)11-13-17/h14H,6-13H2,1-5H3. The highest BCUT2D eigenvalue weighted by molar-refractivity contribution is 4.78. The summed E-state index contributed by atoms with van der Waals surface area (Å²) in [5.41, 5.74) is 0.497. The third-order valence-corrected chi connectivity index (χ3v) is 4.93. The van der Waals surface area contributed by atoms with Crippen molar-refractivity contribution in [2.75, 3.05) is 39.3 Å². The van der Waals surface area contributed by atoms with E-state index in [0.29, 0.717) is 5.41 Å². The van der Waals surface area contributed by atoms with Crippen LogP contribution in [0.25, 0.3) is 0 Å². The monoisotopic (exact) mass is 240 g/mol. The summed E-state index contributed by atoms with van der Waals surface area (Å²) in [6, 6.07) is 0. The van der Waals surface area contributed by atoms with Crippen LogP contribution < -0.4 is 0 Å². The molecule has 0 saturated carbocycles. The number of hydrogen-bond donors (Lipinski definition) is 0. The molecule has 1 aliphatic rings. The second-order valence-corrected chi connectivity index (χ2v) is 6.32. The second kappa shape index (κ2) is 6.75. The first-order chi connectivity index (χ1) is 7.99. The van der Waals surface area contributed by atoms with Gasteiger partial charge in [0.15, 0.2) is 0 Å². The minimum atomic E-state index is 0.497. The first kappa shape index (κ1) is 15.0. The Labute approximate surface area is 108 Å². The van der Waals surface area contributed by atoms with Crippen LogP contribution in [0.15, 0.2) is 0 Å². The summed E-state index contributed by atoms with van der Waals surface area (Å²) in [4.78, 5) is 5.20. The van der Waals surface area contributed by atoms with Crippen LogP contribution in [0.4, 0.5) is 0 Å². The molecule has 1 rings (SSSR count). The molecule has 2 heteroatoms. The Morgan fingerprint density at radius 3 is 2.00 bits per heavy atom. The molecule has 1 saturated heterocycles. The third kappa shape index (κ3) is 4.59. The van der Waals surface area contributed by atoms with Crippen LogP contribution in [-0.4, -0.2) is 49.1 Å². The quantitative estimate of drug-likeness (QED) is 0.704. The molecule has 102 valence electrons. The van der Waals surface area contributed by atoms with Gasteiger partial charge in [0, 0.05) is 26.2 Å². The number of hydrogen-bond acceptors (Lipinski definition) is 2. The molecular formula is C15H32N2. The van der Waals surface area contributed by atoms with E-state index in [-0.39, 0.29) is 0 Å². The molecule has 1 atom stereocenters. The summed E-state index contributed by atoms with van der Waals surface area (Å²) in [5.74, 6) is 0.833. The van der Waals surface area contributed by atoms with Gasteiger partial charge in [-0.05, 0) is 30.8 Å². The molecule has 0 aromatic rings. The van der Waals surface area contributed by atoms with Gasteiger partial charge in [0.05, 0.1) is 0 Å². The van der Waals surface area contributed by atoms with E-state index in [1.807, 2.05) is 0 Å². The maximum Gasteiger partial charge on any atom is 0.0110 e. The van der Waals surface area contributed by atoms with Gasteiger partial charge in [0.1, 0.15) is 0 Å². The molecule has 1 unspecified atom stereocenters. The van der Waals surface area contributed by atoms with Crippen molar-refractivity contribution in [3.8, 4) is 0 Å². The summed E-state index contributed by atoms with van der Waals surface area (Å²) >= 11 is 0. The van der Waals surface area contributed by atoms with Crippen LogP contribution >= 0.6 is 0 Å². The number of likely N-dealkylation sites (N-methyl/N-ethyl adjacent to an activating group) is 1. The lowest BCUT2D eigenvalue weighted by Gasteiger charge is -2.37. The molecule has 0 amide bonds. The molecule has 0 aliphatic carbocycles. The van der Waals surface area contributed by atoms with Crippen LogP contribution in [0.3, 0.4) is 0 Å². The van der Waals surface area contributed by atoms with Gasteiger partial charge in [-0.25, -0.2) is 0 Å². The Morgan fingerprint density at radius 2 is 1.53 bits per heavy atom. The highest BCUT2D eigenvalue weighted by atomic mass is 15.3. The molecular weight excluding hydrogens is 208 g/mol. The molecule has 0 spiro atoms. The van der Waals surface area contributed by atoms with Gasteiger partial charge in [0.25, 0.3) is 0 Å². The van der Waals surface area contributed by atoms with E-state index in [2.05, 4.69) is 44.4 Å². The maximum atomic E-state index is 2.65. The highest BCUT2D eigenvalue weighted by Gasteiger charge is 2.25. The fourth-order valence-electron chi connectivity index (χ4n) is 2.57. The largest absolute Gasteiger partial charge is 0.301 e. The summed E-state index contributed by atoms with van der Waals surface area (Å²) < 4.78 is 0. The first-order valence-electron chi connectivity index (χ1n) is 7.44. The molecule has 1 aliphatic heterocycles. The zero-order valence-corrected chi connectivity index (χ0v) is 12.6. The van der Waals surface area contributed by atoms with E-state index in [1.165, 1.54) is 52.1 Å². The van der Waals surface area contributed by atoms with Gasteiger partial charge in [0.2, 0.25) is 0 Å². The molecule has 0 N–H and O–H groups in total. The molecule has 17 heavy (non-hydrogen) atoms. The second-order valence-electron chi connectivity index (χ2n) is 6.32. The number of rotatable bonds is 6. The maximum absolute atomic E-state index is 2.65. The fourth-order valence-corrected chi connectivity index (χ4v) is 2.57. The van der Waals surface area contributed by atoms with E-state index in [0.717, 1.165) is 5.92 Å². The minimum absolute atomic E-state index is 0.497. The van der Waals surface area contributed by atoms with Crippen molar-refractivity contribution in [1.82, 2.24) is 9.80 Å². The normalized spacial score (nSPS) is 21.7. The van der Waals surface area contributed by atoms with Gasteiger partial charge >= 0.3 is 0 Å². The third-order valence-electron chi connectivity index (χ3n) is 4.93. The predicted molar refractivity (Wildman–Crippen MR) is 76.4 cm³/mol. The molecule has 0 aromatic carbocycles. The topological polar surface area (TPSA) is 6.48 Å². The van der Waals surface area contributed by atoms with E-state index < -0.39 is 0 Å². The summed E-state index contributed by atoms with van der Waals surface area (Å²) in [5, 5.41) is 0. The van der Waals surface area contributed by atoms with Gasteiger partial charge in [-0.1, -0.05) is 41.0 Å². The SMILES string of the molecule is CCC(C)C(C)(C)CCN1CCN(CC)CC1. The van der Waals surface area contributed by atoms with Crippen LogP contribution in [0, 0.1) is 11.3 Å². The molecule has 1 fully saturated rings. The van der Waals surface area contributed by atoms with Crippen molar-refractivity contribution < 1.29 is 0 Å². The van der Waals surface area contributed by atoms with Gasteiger partial charge in [-0.3, -0.25) is 0 Å². The Morgan fingerprint density at radius 1 is 1.00 bits per heavy atom. The lowest BCUT2D eigenvalue weighted by atomic mass is 9.76. The molecule has 1 heterocycles. The smallest absolute Gasteiger partial charge is 0.0110 e. The molecule has 0 aromatic heterocycles. The van der Waals surface area contributed by atoms with Crippen LogP contribution in [0.1, 0.15) is 47.5 Å². The van der Waals surface area contributed by atoms with Crippen molar-refractivity contribution in [1.29, 1.82) is 0 Å². The molecule has 2 nitrogen and oxygen atoms in total. The van der Waals surface area contributed by atoms with Crippen molar-refractivity contribution in [3.05, 3.63) is 0 Å². The first-order valence-corrected chi connectivity index (χ1v) is 7.44. The Balaban J connectivity index is 2.27.